The Hall–Kier alpha value is -1.18. The Bertz CT molecular complexity index is 332. The molecular formula is C13H20O2. The molecule has 1 atom stereocenters. The maximum atomic E-state index is 9.68. The van der Waals surface area contributed by atoms with Crippen molar-refractivity contribution < 1.29 is 9.84 Å². The lowest BCUT2D eigenvalue weighted by atomic mass is 9.92. The molecule has 84 valence electrons. The van der Waals surface area contributed by atoms with Gasteiger partial charge in [0.15, 0.2) is 11.5 Å². The van der Waals surface area contributed by atoms with Gasteiger partial charge in [-0.2, -0.15) is 0 Å². The molecule has 1 aromatic rings. The fourth-order valence-corrected chi connectivity index (χ4v) is 1.78. The van der Waals surface area contributed by atoms with E-state index in [9.17, 15) is 5.11 Å². The number of aryl methyl sites for hydroxylation is 1. The van der Waals surface area contributed by atoms with E-state index in [1.807, 2.05) is 12.1 Å². The van der Waals surface area contributed by atoms with Crippen LogP contribution in [-0.2, 0) is 6.42 Å². The molecule has 0 fully saturated rings. The molecule has 0 saturated heterocycles. The molecule has 1 rings (SSSR count). The third kappa shape index (κ3) is 2.44. The van der Waals surface area contributed by atoms with Crippen LogP contribution in [0.3, 0.4) is 0 Å². The van der Waals surface area contributed by atoms with Gasteiger partial charge in [0.05, 0.1) is 7.11 Å². The number of aromatic hydroxyl groups is 1. The van der Waals surface area contributed by atoms with E-state index in [1.165, 1.54) is 11.1 Å². The quantitative estimate of drug-likeness (QED) is 0.820. The molecular weight excluding hydrogens is 188 g/mol. The smallest absolute Gasteiger partial charge is 0.160 e. The minimum absolute atomic E-state index is 0.237. The summed E-state index contributed by atoms with van der Waals surface area (Å²) in [6.45, 7) is 6.47. The first-order chi connectivity index (χ1) is 7.13. The Morgan fingerprint density at radius 1 is 1.33 bits per heavy atom. The summed E-state index contributed by atoms with van der Waals surface area (Å²) in [4.78, 5) is 0. The number of hydrogen-bond donors (Lipinski definition) is 1. The van der Waals surface area contributed by atoms with Gasteiger partial charge in [-0.05, 0) is 42.0 Å². The number of hydrogen-bond acceptors (Lipinski definition) is 2. The maximum Gasteiger partial charge on any atom is 0.160 e. The SMILES string of the molecule is CCc1cc(O)c(OC)cc1[C@@H](C)CC. The van der Waals surface area contributed by atoms with Gasteiger partial charge in [-0.15, -0.1) is 0 Å². The number of rotatable bonds is 4. The summed E-state index contributed by atoms with van der Waals surface area (Å²) < 4.78 is 5.13. The van der Waals surface area contributed by atoms with E-state index in [4.69, 9.17) is 4.74 Å². The van der Waals surface area contributed by atoms with E-state index in [-0.39, 0.29) is 5.75 Å². The van der Waals surface area contributed by atoms with Crippen molar-refractivity contribution in [3.05, 3.63) is 23.3 Å². The molecule has 2 heteroatoms. The third-order valence-electron chi connectivity index (χ3n) is 2.96. The van der Waals surface area contributed by atoms with E-state index in [2.05, 4.69) is 20.8 Å². The van der Waals surface area contributed by atoms with Crippen molar-refractivity contribution in [2.24, 2.45) is 0 Å². The molecule has 0 spiro atoms. The Morgan fingerprint density at radius 2 is 2.00 bits per heavy atom. The van der Waals surface area contributed by atoms with E-state index in [0.717, 1.165) is 12.8 Å². The molecule has 0 heterocycles. The first-order valence-corrected chi connectivity index (χ1v) is 5.53. The number of ether oxygens (including phenoxy) is 1. The van der Waals surface area contributed by atoms with Crippen LogP contribution >= 0.6 is 0 Å². The summed E-state index contributed by atoms with van der Waals surface area (Å²) in [6, 6.07) is 3.78. The summed E-state index contributed by atoms with van der Waals surface area (Å²) in [5, 5.41) is 9.68. The van der Waals surface area contributed by atoms with Gasteiger partial charge in [0, 0.05) is 0 Å². The summed E-state index contributed by atoms with van der Waals surface area (Å²) in [7, 11) is 1.58. The van der Waals surface area contributed by atoms with Gasteiger partial charge < -0.3 is 9.84 Å². The average Bonchev–Trinajstić information content (AvgIpc) is 2.27. The van der Waals surface area contributed by atoms with Crippen molar-refractivity contribution in [2.45, 2.75) is 39.5 Å². The zero-order valence-electron chi connectivity index (χ0n) is 10.0. The second-order valence-electron chi connectivity index (χ2n) is 3.89. The van der Waals surface area contributed by atoms with Crippen LogP contribution in [-0.4, -0.2) is 12.2 Å². The molecule has 0 aliphatic rings. The molecule has 0 bridgehead atoms. The average molecular weight is 208 g/mol. The lowest BCUT2D eigenvalue weighted by molar-refractivity contribution is 0.372. The van der Waals surface area contributed by atoms with E-state index < -0.39 is 0 Å². The molecule has 15 heavy (non-hydrogen) atoms. The van der Waals surface area contributed by atoms with Gasteiger partial charge in [-0.3, -0.25) is 0 Å². The molecule has 0 amide bonds. The first kappa shape index (κ1) is 11.9. The van der Waals surface area contributed by atoms with Gasteiger partial charge in [0.25, 0.3) is 0 Å². The normalized spacial score (nSPS) is 12.5. The van der Waals surface area contributed by atoms with Crippen molar-refractivity contribution in [1.29, 1.82) is 0 Å². The van der Waals surface area contributed by atoms with Gasteiger partial charge in [-0.25, -0.2) is 0 Å². The van der Waals surface area contributed by atoms with E-state index in [1.54, 1.807) is 7.11 Å². The number of benzene rings is 1. The van der Waals surface area contributed by atoms with E-state index >= 15 is 0 Å². The third-order valence-corrected chi connectivity index (χ3v) is 2.96. The van der Waals surface area contributed by atoms with Gasteiger partial charge in [-0.1, -0.05) is 20.8 Å². The maximum absolute atomic E-state index is 9.68. The number of phenolic OH excluding ortho intramolecular Hbond substituents is 1. The van der Waals surface area contributed by atoms with Crippen LogP contribution in [0.1, 0.15) is 44.2 Å². The zero-order chi connectivity index (χ0) is 11.4. The van der Waals surface area contributed by atoms with Crippen molar-refractivity contribution in [3.8, 4) is 11.5 Å². The van der Waals surface area contributed by atoms with Crippen LogP contribution in [0.5, 0.6) is 11.5 Å². The monoisotopic (exact) mass is 208 g/mol. The molecule has 1 aromatic carbocycles. The summed E-state index contributed by atoms with van der Waals surface area (Å²) in [5.74, 6) is 1.32. The van der Waals surface area contributed by atoms with Gasteiger partial charge in [0.2, 0.25) is 0 Å². The zero-order valence-corrected chi connectivity index (χ0v) is 10.0. The standard InChI is InChI=1S/C13H20O2/c1-5-9(3)11-8-13(15-4)12(14)7-10(11)6-2/h7-9,14H,5-6H2,1-4H3/t9-/m0/s1. The second-order valence-corrected chi connectivity index (χ2v) is 3.89. The van der Waals surface area contributed by atoms with Crippen LogP contribution in [0, 0.1) is 0 Å². The number of phenols is 1. The molecule has 0 saturated carbocycles. The highest BCUT2D eigenvalue weighted by atomic mass is 16.5. The first-order valence-electron chi connectivity index (χ1n) is 5.53. The van der Waals surface area contributed by atoms with Crippen LogP contribution < -0.4 is 4.74 Å². The van der Waals surface area contributed by atoms with Crippen LogP contribution in [0.15, 0.2) is 12.1 Å². The molecule has 2 nitrogen and oxygen atoms in total. The minimum atomic E-state index is 0.237. The Balaban J connectivity index is 3.22. The fraction of sp³-hybridized carbons (Fsp3) is 0.538. The number of methoxy groups -OCH3 is 1. The van der Waals surface area contributed by atoms with Crippen molar-refractivity contribution in [1.82, 2.24) is 0 Å². The molecule has 0 aromatic heterocycles. The minimum Gasteiger partial charge on any atom is -0.504 e. The predicted molar refractivity (Wildman–Crippen MR) is 62.7 cm³/mol. The highest BCUT2D eigenvalue weighted by Gasteiger charge is 2.12. The van der Waals surface area contributed by atoms with Crippen molar-refractivity contribution in [2.75, 3.05) is 7.11 Å². The van der Waals surface area contributed by atoms with Crippen LogP contribution in [0.25, 0.3) is 0 Å². The Labute approximate surface area is 91.9 Å². The van der Waals surface area contributed by atoms with Gasteiger partial charge in [0.1, 0.15) is 0 Å². The predicted octanol–water partition coefficient (Wildman–Crippen LogP) is 3.48. The Kier molecular flexibility index (Phi) is 4.01. The topological polar surface area (TPSA) is 29.5 Å². The lowest BCUT2D eigenvalue weighted by Gasteiger charge is -2.16. The largest absolute Gasteiger partial charge is 0.504 e. The lowest BCUT2D eigenvalue weighted by Crippen LogP contribution is -1.99. The van der Waals surface area contributed by atoms with Gasteiger partial charge >= 0.3 is 0 Å². The molecule has 0 radical (unpaired) electrons. The summed E-state index contributed by atoms with van der Waals surface area (Å²) >= 11 is 0. The fourth-order valence-electron chi connectivity index (χ4n) is 1.78. The molecule has 0 aliphatic heterocycles. The molecule has 0 unspecified atom stereocenters. The van der Waals surface area contributed by atoms with Crippen LogP contribution in [0.2, 0.25) is 0 Å². The summed E-state index contributed by atoms with van der Waals surface area (Å²) in [6.07, 6.45) is 2.04. The van der Waals surface area contributed by atoms with Crippen molar-refractivity contribution in [3.63, 3.8) is 0 Å². The summed E-state index contributed by atoms with van der Waals surface area (Å²) in [5.41, 5.74) is 2.50. The van der Waals surface area contributed by atoms with Crippen LogP contribution in [0.4, 0.5) is 0 Å². The Morgan fingerprint density at radius 3 is 2.47 bits per heavy atom. The highest BCUT2D eigenvalue weighted by Crippen LogP contribution is 2.34. The second kappa shape index (κ2) is 5.06. The highest BCUT2D eigenvalue weighted by molar-refractivity contribution is 5.47. The molecule has 1 N–H and O–H groups in total. The molecule has 0 aliphatic carbocycles. The van der Waals surface area contributed by atoms with E-state index in [0.29, 0.717) is 11.7 Å². The van der Waals surface area contributed by atoms with Crippen molar-refractivity contribution >= 4 is 0 Å².